The Balaban J connectivity index is 2.45. The van der Waals surface area contributed by atoms with Crippen molar-refractivity contribution in [1.82, 2.24) is 9.55 Å². The van der Waals surface area contributed by atoms with Crippen molar-refractivity contribution in [3.8, 4) is 0 Å². The van der Waals surface area contributed by atoms with E-state index in [-0.39, 0.29) is 0 Å². The minimum Gasteiger partial charge on any atom is -0.384 e. The maximum Gasteiger partial charge on any atom is 0.126 e. The fraction of sp³-hybridized carbons (Fsp3) is 0.786. The number of anilines is 1. The van der Waals surface area contributed by atoms with Gasteiger partial charge in [0.15, 0.2) is 0 Å². The Bertz CT molecular complexity index is 328. The SMILES string of the molecule is CCCCCCCc1nc(CCC)n(C)c1N. The van der Waals surface area contributed by atoms with E-state index in [1.54, 1.807) is 0 Å². The number of hydrogen-bond donors (Lipinski definition) is 1. The summed E-state index contributed by atoms with van der Waals surface area (Å²) in [6, 6.07) is 0. The predicted molar refractivity (Wildman–Crippen MR) is 74.1 cm³/mol. The standard InChI is InChI=1S/C14H27N3/c1-4-6-7-8-9-11-12-14(15)17(3)13(16-12)10-5-2/h4-11,15H2,1-3H3. The van der Waals surface area contributed by atoms with Gasteiger partial charge in [0.05, 0.1) is 5.69 Å². The summed E-state index contributed by atoms with van der Waals surface area (Å²) >= 11 is 0. The van der Waals surface area contributed by atoms with Crippen molar-refractivity contribution >= 4 is 5.82 Å². The summed E-state index contributed by atoms with van der Waals surface area (Å²) in [5.74, 6) is 2.00. The van der Waals surface area contributed by atoms with Crippen LogP contribution in [0.3, 0.4) is 0 Å². The van der Waals surface area contributed by atoms with Crippen LogP contribution in [-0.4, -0.2) is 9.55 Å². The van der Waals surface area contributed by atoms with E-state index in [0.29, 0.717) is 0 Å². The maximum atomic E-state index is 6.08. The zero-order valence-electron chi connectivity index (χ0n) is 11.6. The zero-order valence-corrected chi connectivity index (χ0v) is 11.6. The van der Waals surface area contributed by atoms with E-state index in [0.717, 1.165) is 36.6 Å². The minimum absolute atomic E-state index is 0.865. The Kier molecular flexibility index (Phi) is 6.09. The van der Waals surface area contributed by atoms with Gasteiger partial charge in [-0.1, -0.05) is 39.5 Å². The highest BCUT2D eigenvalue weighted by Gasteiger charge is 2.10. The average molecular weight is 237 g/mol. The highest BCUT2D eigenvalue weighted by Crippen LogP contribution is 2.17. The predicted octanol–water partition coefficient (Wildman–Crippen LogP) is 3.47. The third-order valence-electron chi connectivity index (χ3n) is 3.30. The van der Waals surface area contributed by atoms with Gasteiger partial charge in [-0.25, -0.2) is 4.98 Å². The van der Waals surface area contributed by atoms with Crippen molar-refractivity contribution in [3.05, 3.63) is 11.5 Å². The number of nitrogens with zero attached hydrogens (tertiary/aromatic N) is 2. The fourth-order valence-electron chi connectivity index (χ4n) is 2.15. The number of imidazole rings is 1. The summed E-state index contributed by atoms with van der Waals surface area (Å²) < 4.78 is 2.05. The summed E-state index contributed by atoms with van der Waals surface area (Å²) in [6.07, 6.45) is 9.68. The fourth-order valence-corrected chi connectivity index (χ4v) is 2.15. The van der Waals surface area contributed by atoms with Crippen LogP contribution in [0, 0.1) is 0 Å². The summed E-state index contributed by atoms with van der Waals surface area (Å²) in [5, 5.41) is 0. The highest BCUT2D eigenvalue weighted by atomic mass is 15.1. The Labute approximate surface area is 105 Å². The van der Waals surface area contributed by atoms with E-state index in [1.165, 1.54) is 32.1 Å². The van der Waals surface area contributed by atoms with Crippen molar-refractivity contribution in [3.63, 3.8) is 0 Å². The van der Waals surface area contributed by atoms with Crippen LogP contribution in [0.25, 0.3) is 0 Å². The first-order valence-corrected chi connectivity index (χ1v) is 7.00. The molecule has 98 valence electrons. The van der Waals surface area contributed by atoms with Crippen LogP contribution in [0.4, 0.5) is 5.82 Å². The third-order valence-corrected chi connectivity index (χ3v) is 3.30. The largest absolute Gasteiger partial charge is 0.384 e. The molecule has 0 saturated carbocycles. The number of nitrogens with two attached hydrogens (primary N) is 1. The molecule has 0 atom stereocenters. The second-order valence-corrected chi connectivity index (χ2v) is 4.83. The molecule has 2 N–H and O–H groups in total. The van der Waals surface area contributed by atoms with Crippen molar-refractivity contribution in [2.24, 2.45) is 7.05 Å². The van der Waals surface area contributed by atoms with E-state index < -0.39 is 0 Å². The molecule has 1 rings (SSSR count). The van der Waals surface area contributed by atoms with E-state index in [9.17, 15) is 0 Å². The van der Waals surface area contributed by atoms with Gasteiger partial charge in [0.2, 0.25) is 0 Å². The molecule has 1 aromatic rings. The molecule has 3 nitrogen and oxygen atoms in total. The van der Waals surface area contributed by atoms with Gasteiger partial charge in [-0.15, -0.1) is 0 Å². The van der Waals surface area contributed by atoms with Gasteiger partial charge in [0.25, 0.3) is 0 Å². The molecule has 3 heteroatoms. The smallest absolute Gasteiger partial charge is 0.126 e. The molecule has 0 unspecified atom stereocenters. The van der Waals surface area contributed by atoms with Crippen molar-refractivity contribution in [1.29, 1.82) is 0 Å². The summed E-state index contributed by atoms with van der Waals surface area (Å²) in [5.41, 5.74) is 7.18. The second kappa shape index (κ2) is 7.36. The van der Waals surface area contributed by atoms with Gasteiger partial charge >= 0.3 is 0 Å². The molecular formula is C14H27N3. The summed E-state index contributed by atoms with van der Waals surface area (Å²) in [6.45, 7) is 4.42. The lowest BCUT2D eigenvalue weighted by molar-refractivity contribution is 0.629. The summed E-state index contributed by atoms with van der Waals surface area (Å²) in [4.78, 5) is 4.65. The van der Waals surface area contributed by atoms with Crippen LogP contribution in [0.1, 0.15) is 63.9 Å². The van der Waals surface area contributed by atoms with Gasteiger partial charge in [-0.2, -0.15) is 0 Å². The van der Waals surface area contributed by atoms with E-state index in [2.05, 4.69) is 18.8 Å². The Morgan fingerprint density at radius 3 is 2.35 bits per heavy atom. The molecule has 0 aliphatic heterocycles. The molecule has 1 heterocycles. The molecule has 17 heavy (non-hydrogen) atoms. The molecule has 0 aliphatic rings. The number of unbranched alkanes of at least 4 members (excludes halogenated alkanes) is 4. The van der Waals surface area contributed by atoms with Crippen LogP contribution in [0.5, 0.6) is 0 Å². The molecule has 0 spiro atoms. The van der Waals surface area contributed by atoms with Crippen LogP contribution in [0.2, 0.25) is 0 Å². The van der Waals surface area contributed by atoms with Gasteiger partial charge in [-0.3, -0.25) is 0 Å². The van der Waals surface area contributed by atoms with Crippen molar-refractivity contribution in [2.75, 3.05) is 5.73 Å². The Morgan fingerprint density at radius 2 is 1.71 bits per heavy atom. The first-order chi connectivity index (χ1) is 8.20. The number of aryl methyl sites for hydroxylation is 2. The molecule has 0 radical (unpaired) electrons. The number of rotatable bonds is 8. The average Bonchev–Trinajstić information content (AvgIpc) is 2.58. The van der Waals surface area contributed by atoms with E-state index in [1.807, 2.05) is 11.6 Å². The van der Waals surface area contributed by atoms with Gasteiger partial charge in [-0.05, 0) is 19.3 Å². The monoisotopic (exact) mass is 237 g/mol. The molecule has 0 aliphatic carbocycles. The van der Waals surface area contributed by atoms with Crippen LogP contribution in [-0.2, 0) is 19.9 Å². The number of hydrogen-bond acceptors (Lipinski definition) is 2. The quantitative estimate of drug-likeness (QED) is 0.704. The van der Waals surface area contributed by atoms with Crippen LogP contribution < -0.4 is 5.73 Å². The minimum atomic E-state index is 0.865. The van der Waals surface area contributed by atoms with E-state index in [4.69, 9.17) is 5.73 Å². The van der Waals surface area contributed by atoms with Gasteiger partial charge in [0.1, 0.15) is 11.6 Å². The molecule has 0 fully saturated rings. The van der Waals surface area contributed by atoms with Crippen molar-refractivity contribution in [2.45, 2.75) is 65.2 Å². The number of aromatic nitrogens is 2. The lowest BCUT2D eigenvalue weighted by atomic mass is 10.1. The first kappa shape index (κ1) is 14.1. The third kappa shape index (κ3) is 4.06. The highest BCUT2D eigenvalue weighted by molar-refractivity contribution is 5.38. The molecule has 0 amide bonds. The normalized spacial score (nSPS) is 11.0. The lowest BCUT2D eigenvalue weighted by Crippen LogP contribution is -2.01. The second-order valence-electron chi connectivity index (χ2n) is 4.83. The van der Waals surface area contributed by atoms with E-state index >= 15 is 0 Å². The Morgan fingerprint density at radius 1 is 1.00 bits per heavy atom. The molecular weight excluding hydrogens is 210 g/mol. The van der Waals surface area contributed by atoms with Crippen LogP contribution in [0.15, 0.2) is 0 Å². The molecule has 0 saturated heterocycles. The van der Waals surface area contributed by atoms with Gasteiger partial charge in [0, 0.05) is 13.5 Å². The molecule has 1 aromatic heterocycles. The molecule has 0 aromatic carbocycles. The topological polar surface area (TPSA) is 43.8 Å². The number of nitrogen functional groups attached to an aromatic ring is 1. The van der Waals surface area contributed by atoms with Crippen molar-refractivity contribution < 1.29 is 0 Å². The lowest BCUT2D eigenvalue weighted by Gasteiger charge is -2.01. The first-order valence-electron chi connectivity index (χ1n) is 7.00. The van der Waals surface area contributed by atoms with Gasteiger partial charge < -0.3 is 10.3 Å². The van der Waals surface area contributed by atoms with Crippen LogP contribution >= 0.6 is 0 Å². The zero-order chi connectivity index (χ0) is 12.7. The Hall–Kier alpha value is -0.990. The molecule has 0 bridgehead atoms. The maximum absolute atomic E-state index is 6.08. The summed E-state index contributed by atoms with van der Waals surface area (Å²) in [7, 11) is 2.02.